The molecule has 0 saturated carbocycles. The number of hydrogen-bond donors (Lipinski definition) is 1. The maximum atomic E-state index is 3.59. The average Bonchev–Trinajstić information content (AvgIpc) is 2.63. The highest BCUT2D eigenvalue weighted by Gasteiger charge is 2.50. The predicted molar refractivity (Wildman–Crippen MR) is 73.1 cm³/mol. The van der Waals surface area contributed by atoms with Gasteiger partial charge in [0.15, 0.2) is 0 Å². The van der Waals surface area contributed by atoms with Crippen LogP contribution in [0.3, 0.4) is 0 Å². The molecular weight excluding hydrogens is 228 g/mol. The zero-order chi connectivity index (χ0) is 11.5. The molecule has 17 heavy (non-hydrogen) atoms. The van der Waals surface area contributed by atoms with E-state index in [2.05, 4.69) is 35.3 Å². The van der Waals surface area contributed by atoms with Crippen LogP contribution >= 0.6 is 11.8 Å². The fourth-order valence-electron chi connectivity index (χ4n) is 3.87. The van der Waals surface area contributed by atoms with Crippen molar-refractivity contribution < 1.29 is 0 Å². The Kier molecular flexibility index (Phi) is 2.07. The minimum atomic E-state index is 0.328. The summed E-state index contributed by atoms with van der Waals surface area (Å²) >= 11 is 2.03. The number of hydrogen-bond acceptors (Lipinski definition) is 3. The average molecular weight is 246 g/mol. The van der Waals surface area contributed by atoms with Gasteiger partial charge in [0.05, 0.1) is 5.69 Å². The van der Waals surface area contributed by atoms with Gasteiger partial charge in [-0.05, 0) is 24.6 Å². The number of para-hydroxylation sites is 1. The number of benzene rings is 1. The summed E-state index contributed by atoms with van der Waals surface area (Å²) in [6.07, 6.45) is 1.29. The van der Waals surface area contributed by atoms with Gasteiger partial charge in [0.2, 0.25) is 0 Å². The maximum absolute atomic E-state index is 3.59. The van der Waals surface area contributed by atoms with Gasteiger partial charge in [-0.1, -0.05) is 19.1 Å². The Labute approximate surface area is 107 Å². The summed E-state index contributed by atoms with van der Waals surface area (Å²) in [5.74, 6) is 1.25. The molecule has 1 aromatic rings. The zero-order valence-electron chi connectivity index (χ0n) is 10.2. The van der Waals surface area contributed by atoms with Crippen molar-refractivity contribution in [1.29, 1.82) is 0 Å². The van der Waals surface area contributed by atoms with Crippen molar-refractivity contribution in [2.75, 3.05) is 30.3 Å². The highest BCUT2D eigenvalue weighted by molar-refractivity contribution is 7.99. The molecule has 2 unspecified atom stereocenters. The first kappa shape index (κ1) is 10.3. The van der Waals surface area contributed by atoms with Crippen LogP contribution < -0.4 is 10.2 Å². The van der Waals surface area contributed by atoms with Gasteiger partial charge >= 0.3 is 0 Å². The minimum absolute atomic E-state index is 0.328. The lowest BCUT2D eigenvalue weighted by atomic mass is 9.75. The van der Waals surface area contributed by atoms with Crippen molar-refractivity contribution in [1.82, 2.24) is 5.32 Å². The molecule has 4 rings (SSSR count). The molecule has 0 radical (unpaired) electrons. The SMILES string of the molecule is CC12CNCCC1N1CCSc3cccc2c31. The number of thioether (sulfide) groups is 1. The molecular formula is C14H18N2S. The summed E-state index contributed by atoms with van der Waals surface area (Å²) in [5.41, 5.74) is 3.47. The minimum Gasteiger partial charge on any atom is -0.366 e. The number of anilines is 1. The van der Waals surface area contributed by atoms with Gasteiger partial charge in [0.25, 0.3) is 0 Å². The van der Waals surface area contributed by atoms with E-state index in [9.17, 15) is 0 Å². The number of piperidine rings is 1. The summed E-state index contributed by atoms with van der Waals surface area (Å²) in [7, 11) is 0. The molecule has 0 bridgehead atoms. The third-order valence-electron chi connectivity index (χ3n) is 4.69. The Balaban J connectivity index is 1.95. The van der Waals surface area contributed by atoms with Gasteiger partial charge in [-0.2, -0.15) is 0 Å². The van der Waals surface area contributed by atoms with E-state index in [1.165, 1.54) is 30.2 Å². The van der Waals surface area contributed by atoms with Crippen LogP contribution in [0.1, 0.15) is 18.9 Å². The van der Waals surface area contributed by atoms with Gasteiger partial charge in [-0.15, -0.1) is 11.8 Å². The first-order valence-electron chi connectivity index (χ1n) is 6.54. The van der Waals surface area contributed by atoms with Crippen molar-refractivity contribution in [3.8, 4) is 0 Å². The first-order chi connectivity index (χ1) is 8.31. The monoisotopic (exact) mass is 246 g/mol. The number of nitrogens with one attached hydrogen (secondary N) is 1. The van der Waals surface area contributed by atoms with Crippen LogP contribution in [0.4, 0.5) is 5.69 Å². The highest BCUT2D eigenvalue weighted by atomic mass is 32.2. The molecule has 3 aliphatic heterocycles. The molecule has 0 aromatic heterocycles. The van der Waals surface area contributed by atoms with E-state index >= 15 is 0 Å². The zero-order valence-corrected chi connectivity index (χ0v) is 11.0. The topological polar surface area (TPSA) is 15.3 Å². The Morgan fingerprint density at radius 3 is 3.35 bits per heavy atom. The van der Waals surface area contributed by atoms with Crippen molar-refractivity contribution in [3.63, 3.8) is 0 Å². The summed E-state index contributed by atoms with van der Waals surface area (Å²) in [6, 6.07) is 7.61. The summed E-state index contributed by atoms with van der Waals surface area (Å²) in [4.78, 5) is 4.20. The van der Waals surface area contributed by atoms with Gasteiger partial charge in [0.1, 0.15) is 0 Å². The molecule has 1 saturated heterocycles. The van der Waals surface area contributed by atoms with Crippen molar-refractivity contribution >= 4 is 17.4 Å². The standard InChI is InChI=1S/C14H18N2S/c1-14-9-15-6-5-12(14)16-7-8-17-11-4-2-3-10(14)13(11)16/h2-4,12,15H,5-9H2,1H3. The number of nitrogens with zero attached hydrogens (tertiary/aromatic N) is 1. The van der Waals surface area contributed by atoms with E-state index in [4.69, 9.17) is 0 Å². The second kappa shape index (κ2) is 3.42. The van der Waals surface area contributed by atoms with Crippen LogP contribution in [-0.4, -0.2) is 31.4 Å². The van der Waals surface area contributed by atoms with Gasteiger partial charge < -0.3 is 10.2 Å². The summed E-state index contributed by atoms with van der Waals surface area (Å²) in [5, 5.41) is 3.59. The summed E-state index contributed by atoms with van der Waals surface area (Å²) < 4.78 is 0. The Morgan fingerprint density at radius 1 is 1.47 bits per heavy atom. The van der Waals surface area contributed by atoms with Gasteiger partial charge in [-0.25, -0.2) is 0 Å². The molecule has 3 aliphatic rings. The number of rotatable bonds is 0. The normalized spacial score (nSPS) is 34.4. The fourth-order valence-corrected chi connectivity index (χ4v) is 4.92. The molecule has 2 nitrogen and oxygen atoms in total. The van der Waals surface area contributed by atoms with E-state index in [1.54, 1.807) is 11.3 Å². The second-order valence-corrected chi connectivity index (χ2v) is 6.73. The van der Waals surface area contributed by atoms with E-state index < -0.39 is 0 Å². The smallest absolute Gasteiger partial charge is 0.0546 e. The van der Waals surface area contributed by atoms with Gasteiger partial charge in [-0.3, -0.25) is 0 Å². The van der Waals surface area contributed by atoms with Crippen LogP contribution in [0.5, 0.6) is 0 Å². The highest BCUT2D eigenvalue weighted by Crippen LogP contribution is 2.52. The lowest BCUT2D eigenvalue weighted by molar-refractivity contribution is 0.299. The third-order valence-corrected chi connectivity index (χ3v) is 5.72. The van der Waals surface area contributed by atoms with E-state index in [0.717, 1.165) is 12.6 Å². The van der Waals surface area contributed by atoms with Crippen LogP contribution in [-0.2, 0) is 5.41 Å². The molecule has 3 heteroatoms. The first-order valence-corrected chi connectivity index (χ1v) is 7.53. The maximum Gasteiger partial charge on any atom is 0.0546 e. The third kappa shape index (κ3) is 1.22. The van der Waals surface area contributed by atoms with Crippen molar-refractivity contribution in [2.45, 2.75) is 29.7 Å². The Hall–Kier alpha value is -0.670. The Bertz CT molecular complexity index is 473. The van der Waals surface area contributed by atoms with E-state index in [1.807, 2.05) is 11.8 Å². The molecule has 1 N–H and O–H groups in total. The lowest BCUT2D eigenvalue weighted by Gasteiger charge is -2.41. The number of fused-ring (bicyclic) bond motifs is 3. The molecule has 1 aromatic carbocycles. The predicted octanol–water partition coefficient (Wildman–Crippen LogP) is 2.23. The van der Waals surface area contributed by atoms with Crippen LogP contribution in [0.2, 0.25) is 0 Å². The van der Waals surface area contributed by atoms with Crippen LogP contribution in [0, 0.1) is 0 Å². The largest absolute Gasteiger partial charge is 0.366 e. The molecule has 2 atom stereocenters. The molecule has 90 valence electrons. The van der Waals surface area contributed by atoms with E-state index in [-0.39, 0.29) is 0 Å². The molecule has 0 spiro atoms. The fraction of sp³-hybridized carbons (Fsp3) is 0.571. The van der Waals surface area contributed by atoms with Crippen LogP contribution in [0.15, 0.2) is 23.1 Å². The molecule has 1 fully saturated rings. The van der Waals surface area contributed by atoms with E-state index in [0.29, 0.717) is 5.41 Å². The van der Waals surface area contributed by atoms with Crippen molar-refractivity contribution in [3.05, 3.63) is 23.8 Å². The summed E-state index contributed by atoms with van der Waals surface area (Å²) in [6.45, 7) is 5.99. The van der Waals surface area contributed by atoms with Crippen molar-refractivity contribution in [2.24, 2.45) is 0 Å². The molecule has 0 aliphatic carbocycles. The quantitative estimate of drug-likeness (QED) is 0.756. The molecule has 3 heterocycles. The molecule has 0 amide bonds. The Morgan fingerprint density at radius 2 is 2.41 bits per heavy atom. The second-order valence-electron chi connectivity index (χ2n) is 5.59. The van der Waals surface area contributed by atoms with Gasteiger partial charge in [0, 0.05) is 35.2 Å². The van der Waals surface area contributed by atoms with Crippen LogP contribution in [0.25, 0.3) is 0 Å². The lowest BCUT2D eigenvalue weighted by Crippen LogP contribution is -2.54.